The van der Waals surface area contributed by atoms with Crippen LogP contribution in [0.4, 0.5) is 0 Å². The third-order valence-electron chi connectivity index (χ3n) is 2.99. The van der Waals surface area contributed by atoms with Gasteiger partial charge in [-0.05, 0) is 24.8 Å². The topological polar surface area (TPSA) is 124 Å². The van der Waals surface area contributed by atoms with Gasteiger partial charge in [-0.3, -0.25) is 14.7 Å². The van der Waals surface area contributed by atoms with Crippen LogP contribution in [0.15, 0.2) is 6.07 Å². The first-order valence-electron chi connectivity index (χ1n) is 7.18. The van der Waals surface area contributed by atoms with E-state index < -0.39 is 23.8 Å². The number of aryl methyl sites for hydroxylation is 1. The first-order valence-corrected chi connectivity index (χ1v) is 7.18. The van der Waals surface area contributed by atoms with Crippen LogP contribution in [0, 0.1) is 5.92 Å². The van der Waals surface area contributed by atoms with Crippen LogP contribution in [-0.4, -0.2) is 45.7 Å². The Bertz CT molecular complexity index is 539. The van der Waals surface area contributed by atoms with E-state index in [1.807, 2.05) is 20.8 Å². The summed E-state index contributed by atoms with van der Waals surface area (Å²) in [6, 6.07) is 0.646. The van der Waals surface area contributed by atoms with E-state index in [0.29, 0.717) is 6.42 Å². The van der Waals surface area contributed by atoms with Crippen LogP contribution >= 0.6 is 0 Å². The van der Waals surface area contributed by atoms with Gasteiger partial charge in [-0.15, -0.1) is 0 Å². The summed E-state index contributed by atoms with van der Waals surface area (Å²) in [7, 11) is 0. The van der Waals surface area contributed by atoms with Crippen molar-refractivity contribution in [3.8, 4) is 0 Å². The molecule has 4 N–H and O–H groups in total. The molecule has 0 spiro atoms. The van der Waals surface area contributed by atoms with Crippen molar-refractivity contribution in [2.75, 3.05) is 6.54 Å². The van der Waals surface area contributed by atoms with Gasteiger partial charge in [-0.1, -0.05) is 20.8 Å². The van der Waals surface area contributed by atoms with E-state index in [0.717, 1.165) is 12.1 Å². The summed E-state index contributed by atoms with van der Waals surface area (Å²) >= 11 is 0. The minimum atomic E-state index is -1.09. The van der Waals surface area contributed by atoms with Crippen molar-refractivity contribution in [3.05, 3.63) is 17.5 Å². The summed E-state index contributed by atoms with van der Waals surface area (Å²) in [5.41, 5.74) is 1.01. The molecule has 2 amide bonds. The Kier molecular flexibility index (Phi) is 6.55. The Labute approximate surface area is 128 Å². The second-order valence-corrected chi connectivity index (χ2v) is 5.40. The van der Waals surface area contributed by atoms with Crippen LogP contribution in [0.2, 0.25) is 0 Å². The average Bonchev–Trinajstić information content (AvgIpc) is 2.92. The number of amides is 2. The molecule has 0 saturated heterocycles. The molecule has 0 aliphatic carbocycles. The Morgan fingerprint density at radius 2 is 2.05 bits per heavy atom. The van der Waals surface area contributed by atoms with Gasteiger partial charge >= 0.3 is 5.97 Å². The molecule has 0 fully saturated rings. The molecule has 0 aliphatic rings. The Morgan fingerprint density at radius 1 is 1.36 bits per heavy atom. The molecule has 0 radical (unpaired) electrons. The predicted molar refractivity (Wildman–Crippen MR) is 79.3 cm³/mol. The molecule has 8 nitrogen and oxygen atoms in total. The molecule has 0 aromatic carbocycles. The van der Waals surface area contributed by atoms with E-state index in [1.165, 1.54) is 0 Å². The van der Waals surface area contributed by atoms with Crippen molar-refractivity contribution in [2.24, 2.45) is 5.92 Å². The highest BCUT2D eigenvalue weighted by atomic mass is 16.4. The molecule has 8 heteroatoms. The van der Waals surface area contributed by atoms with Gasteiger partial charge in [0.1, 0.15) is 11.7 Å². The van der Waals surface area contributed by atoms with Gasteiger partial charge in [-0.25, -0.2) is 4.79 Å². The summed E-state index contributed by atoms with van der Waals surface area (Å²) in [6.07, 6.45) is 1.05. The monoisotopic (exact) mass is 310 g/mol. The summed E-state index contributed by atoms with van der Waals surface area (Å²) in [5, 5.41) is 20.4. The highest BCUT2D eigenvalue weighted by Crippen LogP contribution is 2.04. The van der Waals surface area contributed by atoms with Gasteiger partial charge in [0.25, 0.3) is 5.91 Å². The second kappa shape index (κ2) is 8.16. The Hall–Kier alpha value is -2.38. The fraction of sp³-hybridized carbons (Fsp3) is 0.571. The number of carboxylic acids is 1. The lowest BCUT2D eigenvalue weighted by molar-refractivity contribution is -0.142. The average molecular weight is 310 g/mol. The molecule has 1 rings (SSSR count). The predicted octanol–water partition coefficient (Wildman–Crippen LogP) is 0.317. The van der Waals surface area contributed by atoms with Gasteiger partial charge in [0, 0.05) is 5.69 Å². The van der Waals surface area contributed by atoms with Crippen LogP contribution in [0.25, 0.3) is 0 Å². The normalized spacial score (nSPS) is 12.0. The van der Waals surface area contributed by atoms with Crippen molar-refractivity contribution < 1.29 is 19.5 Å². The highest BCUT2D eigenvalue weighted by Gasteiger charge is 2.21. The molecule has 1 atom stereocenters. The van der Waals surface area contributed by atoms with Crippen LogP contribution in [0.5, 0.6) is 0 Å². The highest BCUT2D eigenvalue weighted by molar-refractivity contribution is 5.95. The van der Waals surface area contributed by atoms with Gasteiger partial charge in [0.15, 0.2) is 0 Å². The smallest absolute Gasteiger partial charge is 0.326 e. The lowest BCUT2D eigenvalue weighted by Crippen LogP contribution is -2.46. The van der Waals surface area contributed by atoms with Gasteiger partial charge in [-0.2, -0.15) is 5.10 Å². The quantitative estimate of drug-likeness (QED) is 0.550. The number of carbonyl (C=O) groups is 3. The fourth-order valence-electron chi connectivity index (χ4n) is 1.85. The third-order valence-corrected chi connectivity index (χ3v) is 2.99. The number of carbonyl (C=O) groups excluding carboxylic acids is 2. The molecule has 0 saturated carbocycles. The maximum atomic E-state index is 11.8. The number of carboxylic acid groups (broad SMARTS) is 1. The summed E-state index contributed by atoms with van der Waals surface area (Å²) in [4.78, 5) is 34.6. The van der Waals surface area contributed by atoms with Crippen molar-refractivity contribution in [3.63, 3.8) is 0 Å². The summed E-state index contributed by atoms with van der Waals surface area (Å²) in [5.74, 6) is -1.99. The maximum absolute atomic E-state index is 11.8. The van der Waals surface area contributed by atoms with E-state index in [4.69, 9.17) is 5.11 Å². The molecule has 22 heavy (non-hydrogen) atoms. The lowest BCUT2D eigenvalue weighted by Gasteiger charge is -2.16. The van der Waals surface area contributed by atoms with Crippen molar-refractivity contribution in [1.29, 1.82) is 0 Å². The molecule has 0 unspecified atom stereocenters. The fourth-order valence-corrected chi connectivity index (χ4v) is 1.85. The van der Waals surface area contributed by atoms with Crippen molar-refractivity contribution in [1.82, 2.24) is 20.8 Å². The standard InChI is InChI=1S/C14H22N4O4/c1-4-9-6-10(18-17-9)13(20)15-7-12(19)16-11(14(21)22)5-8(2)3/h6,8,11H,4-5,7H2,1-3H3,(H,15,20)(H,16,19)(H,17,18)(H,21,22)/t11-/m0/s1. The van der Waals surface area contributed by atoms with Crippen LogP contribution in [0.3, 0.4) is 0 Å². The number of H-pyrrole nitrogens is 1. The third kappa shape index (κ3) is 5.55. The summed E-state index contributed by atoms with van der Waals surface area (Å²) < 4.78 is 0. The van der Waals surface area contributed by atoms with E-state index >= 15 is 0 Å². The zero-order valence-electron chi connectivity index (χ0n) is 13.0. The SMILES string of the molecule is CCc1cc(C(=O)NCC(=O)N[C@@H](CC(C)C)C(=O)O)n[nH]1. The van der Waals surface area contributed by atoms with Gasteiger partial charge < -0.3 is 15.7 Å². The molecule has 1 heterocycles. The number of aromatic nitrogens is 2. The Morgan fingerprint density at radius 3 is 2.55 bits per heavy atom. The van der Waals surface area contributed by atoms with Gasteiger partial charge in [0.2, 0.25) is 5.91 Å². The van der Waals surface area contributed by atoms with Gasteiger partial charge in [0.05, 0.1) is 6.54 Å². The lowest BCUT2D eigenvalue weighted by atomic mass is 10.0. The Balaban J connectivity index is 2.47. The van der Waals surface area contributed by atoms with Crippen LogP contribution in [-0.2, 0) is 16.0 Å². The number of nitrogens with one attached hydrogen (secondary N) is 3. The van der Waals surface area contributed by atoms with Crippen molar-refractivity contribution >= 4 is 17.8 Å². The zero-order valence-corrected chi connectivity index (χ0v) is 13.0. The van der Waals surface area contributed by atoms with E-state index in [9.17, 15) is 14.4 Å². The number of hydrogen-bond donors (Lipinski definition) is 4. The van der Waals surface area contributed by atoms with E-state index in [1.54, 1.807) is 6.07 Å². The maximum Gasteiger partial charge on any atom is 0.326 e. The molecule has 1 aromatic rings. The van der Waals surface area contributed by atoms with E-state index in [-0.39, 0.29) is 18.2 Å². The molecular formula is C14H22N4O4. The molecule has 0 aliphatic heterocycles. The number of rotatable bonds is 8. The molecule has 122 valence electrons. The summed E-state index contributed by atoms with van der Waals surface area (Å²) in [6.45, 7) is 5.36. The minimum Gasteiger partial charge on any atom is -0.480 e. The largest absolute Gasteiger partial charge is 0.480 e. The van der Waals surface area contributed by atoms with Crippen LogP contribution < -0.4 is 10.6 Å². The van der Waals surface area contributed by atoms with E-state index in [2.05, 4.69) is 20.8 Å². The zero-order chi connectivity index (χ0) is 16.7. The van der Waals surface area contributed by atoms with Crippen LogP contribution in [0.1, 0.15) is 43.4 Å². The molecule has 0 bridgehead atoms. The first kappa shape index (κ1) is 17.7. The van der Waals surface area contributed by atoms with Crippen molar-refractivity contribution in [2.45, 2.75) is 39.7 Å². The number of aromatic amines is 1. The molecular weight excluding hydrogens is 288 g/mol. The molecule has 1 aromatic heterocycles. The minimum absolute atomic E-state index is 0.132. The number of aliphatic carboxylic acids is 1. The second-order valence-electron chi connectivity index (χ2n) is 5.40. The number of hydrogen-bond acceptors (Lipinski definition) is 4. The number of nitrogens with zero attached hydrogens (tertiary/aromatic N) is 1. The first-order chi connectivity index (χ1) is 10.3.